The van der Waals surface area contributed by atoms with Crippen LogP contribution in [0, 0.1) is 6.92 Å². The second-order valence-corrected chi connectivity index (χ2v) is 7.68. The van der Waals surface area contributed by atoms with Gasteiger partial charge >= 0.3 is 5.97 Å². The van der Waals surface area contributed by atoms with Crippen LogP contribution in [0.15, 0.2) is 59.5 Å². The molecule has 29 heavy (non-hydrogen) atoms. The summed E-state index contributed by atoms with van der Waals surface area (Å²) in [5.74, 6) is -0.798. The zero-order valence-electron chi connectivity index (χ0n) is 15.4. The number of rotatable bonds is 6. The number of ether oxygens (including phenoxy) is 1. The van der Waals surface area contributed by atoms with Gasteiger partial charge in [0.2, 0.25) is 10.0 Å². The molecule has 0 atom stereocenters. The number of aromatic nitrogens is 2. The number of sulfonamides is 1. The molecule has 0 bridgehead atoms. The lowest BCUT2D eigenvalue weighted by atomic mass is 10.2. The van der Waals surface area contributed by atoms with Crippen molar-refractivity contribution >= 4 is 27.6 Å². The van der Waals surface area contributed by atoms with Crippen LogP contribution < -0.4 is 10.5 Å². The highest BCUT2D eigenvalue weighted by molar-refractivity contribution is 7.89. The molecular formula is C19H18N4O5S. The Balaban J connectivity index is 1.59. The first-order valence-corrected chi connectivity index (χ1v) is 10.0. The number of aryl methyl sites for hydroxylation is 1. The maximum Gasteiger partial charge on any atom is 0.359 e. The molecule has 1 heterocycles. The van der Waals surface area contributed by atoms with Crippen LogP contribution in [0.25, 0.3) is 11.4 Å². The molecule has 150 valence electrons. The minimum absolute atomic E-state index is 0.0786. The molecule has 0 aliphatic rings. The van der Waals surface area contributed by atoms with Crippen LogP contribution in [0.3, 0.4) is 0 Å². The highest BCUT2D eigenvalue weighted by Crippen LogP contribution is 2.18. The van der Waals surface area contributed by atoms with Gasteiger partial charge in [0, 0.05) is 16.9 Å². The van der Waals surface area contributed by atoms with Gasteiger partial charge in [0.25, 0.3) is 5.91 Å². The summed E-state index contributed by atoms with van der Waals surface area (Å²) < 4.78 is 27.5. The molecule has 1 amide bonds. The Bertz CT molecular complexity index is 1140. The Hall–Kier alpha value is -3.50. The molecule has 4 N–H and O–H groups in total. The molecule has 9 nitrogen and oxygen atoms in total. The number of amides is 1. The third kappa shape index (κ3) is 5.06. The predicted molar refractivity (Wildman–Crippen MR) is 105 cm³/mol. The van der Waals surface area contributed by atoms with Crippen LogP contribution in [-0.2, 0) is 19.6 Å². The van der Waals surface area contributed by atoms with Crippen LogP contribution in [0.5, 0.6) is 0 Å². The number of imidazole rings is 1. The van der Waals surface area contributed by atoms with Crippen molar-refractivity contribution in [2.45, 2.75) is 11.8 Å². The normalized spacial score (nSPS) is 11.1. The van der Waals surface area contributed by atoms with Crippen LogP contribution in [0.4, 0.5) is 5.69 Å². The van der Waals surface area contributed by atoms with Gasteiger partial charge in [-0.05, 0) is 31.2 Å². The number of esters is 1. The summed E-state index contributed by atoms with van der Waals surface area (Å²) in [6.45, 7) is 1.16. The van der Waals surface area contributed by atoms with Gasteiger partial charge in [-0.3, -0.25) is 4.79 Å². The number of H-pyrrole nitrogens is 1. The minimum atomic E-state index is -3.81. The van der Waals surface area contributed by atoms with E-state index in [0.717, 1.165) is 5.56 Å². The Morgan fingerprint density at radius 1 is 1.10 bits per heavy atom. The number of nitrogens with one attached hydrogen (secondary N) is 2. The number of carbonyl (C=O) groups excluding carboxylic acids is 2. The van der Waals surface area contributed by atoms with E-state index in [-0.39, 0.29) is 10.6 Å². The lowest BCUT2D eigenvalue weighted by Gasteiger charge is -2.06. The Labute approximate surface area is 167 Å². The quantitative estimate of drug-likeness (QED) is 0.525. The molecule has 0 saturated carbocycles. The smallest absolute Gasteiger partial charge is 0.359 e. The molecule has 0 unspecified atom stereocenters. The zero-order chi connectivity index (χ0) is 21.0. The molecule has 3 rings (SSSR count). The SMILES string of the molecule is Cc1[nH]c(-c2ccccc2)nc1C(=O)OCC(=O)Nc1ccc(S(N)(=O)=O)cc1. The van der Waals surface area contributed by atoms with Gasteiger partial charge in [0.15, 0.2) is 12.3 Å². The lowest BCUT2D eigenvalue weighted by molar-refractivity contribution is -0.119. The second kappa shape index (κ2) is 8.25. The summed E-state index contributed by atoms with van der Waals surface area (Å²) in [4.78, 5) is 31.4. The molecule has 2 aromatic carbocycles. The average molecular weight is 414 g/mol. The van der Waals surface area contributed by atoms with Gasteiger partial charge in [0.1, 0.15) is 5.82 Å². The molecule has 1 aromatic heterocycles. The lowest BCUT2D eigenvalue weighted by Crippen LogP contribution is -2.21. The van der Waals surface area contributed by atoms with E-state index in [0.29, 0.717) is 17.2 Å². The van der Waals surface area contributed by atoms with Crippen molar-refractivity contribution in [2.75, 3.05) is 11.9 Å². The number of hydrogen-bond acceptors (Lipinski definition) is 6. The maximum absolute atomic E-state index is 12.3. The molecule has 0 spiro atoms. The number of hydrogen-bond donors (Lipinski definition) is 3. The first-order chi connectivity index (χ1) is 13.7. The predicted octanol–water partition coefficient (Wildman–Crippen LogP) is 1.83. The molecular weight excluding hydrogens is 396 g/mol. The number of benzene rings is 2. The highest BCUT2D eigenvalue weighted by atomic mass is 32.2. The third-order valence-corrected chi connectivity index (χ3v) is 4.86. The Morgan fingerprint density at radius 2 is 1.76 bits per heavy atom. The van der Waals surface area contributed by atoms with Crippen molar-refractivity contribution in [3.8, 4) is 11.4 Å². The molecule has 0 radical (unpaired) electrons. The van der Waals surface area contributed by atoms with Crippen LogP contribution >= 0.6 is 0 Å². The molecule has 0 fully saturated rings. The van der Waals surface area contributed by atoms with Crippen molar-refractivity contribution in [1.29, 1.82) is 0 Å². The highest BCUT2D eigenvalue weighted by Gasteiger charge is 2.18. The minimum Gasteiger partial charge on any atom is -0.451 e. The Morgan fingerprint density at radius 3 is 2.38 bits per heavy atom. The van der Waals surface area contributed by atoms with Gasteiger partial charge in [0.05, 0.1) is 4.90 Å². The van der Waals surface area contributed by atoms with Crippen molar-refractivity contribution in [1.82, 2.24) is 9.97 Å². The summed E-state index contributed by atoms with van der Waals surface area (Å²) in [5.41, 5.74) is 1.76. The largest absolute Gasteiger partial charge is 0.451 e. The summed E-state index contributed by atoms with van der Waals surface area (Å²) in [5, 5.41) is 7.51. The summed E-state index contributed by atoms with van der Waals surface area (Å²) in [6, 6.07) is 14.5. The van der Waals surface area contributed by atoms with E-state index in [1.807, 2.05) is 30.3 Å². The number of aromatic amines is 1. The van der Waals surface area contributed by atoms with Crippen molar-refractivity contribution in [3.05, 3.63) is 66.0 Å². The molecule has 3 aromatic rings. The van der Waals surface area contributed by atoms with Crippen molar-refractivity contribution in [3.63, 3.8) is 0 Å². The summed E-state index contributed by atoms with van der Waals surface area (Å²) in [6.07, 6.45) is 0. The molecule has 0 aliphatic heterocycles. The van der Waals surface area contributed by atoms with Crippen LogP contribution in [0.1, 0.15) is 16.2 Å². The molecule has 0 saturated heterocycles. The maximum atomic E-state index is 12.3. The van der Waals surface area contributed by atoms with Crippen LogP contribution in [-0.4, -0.2) is 36.9 Å². The van der Waals surface area contributed by atoms with Crippen LogP contribution in [0.2, 0.25) is 0 Å². The van der Waals surface area contributed by atoms with Gasteiger partial charge < -0.3 is 15.0 Å². The third-order valence-electron chi connectivity index (χ3n) is 3.93. The number of anilines is 1. The first kappa shape index (κ1) is 20.2. The van der Waals surface area contributed by atoms with E-state index in [2.05, 4.69) is 15.3 Å². The fourth-order valence-electron chi connectivity index (χ4n) is 2.52. The first-order valence-electron chi connectivity index (χ1n) is 8.46. The van der Waals surface area contributed by atoms with Crippen molar-refractivity contribution in [2.24, 2.45) is 5.14 Å². The molecule has 10 heteroatoms. The number of nitrogens with two attached hydrogens (primary N) is 1. The van der Waals surface area contributed by atoms with Gasteiger partial charge in [-0.25, -0.2) is 23.3 Å². The number of primary sulfonamides is 1. The summed E-state index contributed by atoms with van der Waals surface area (Å²) >= 11 is 0. The van der Waals surface area contributed by atoms with E-state index < -0.39 is 28.5 Å². The van der Waals surface area contributed by atoms with Crippen molar-refractivity contribution < 1.29 is 22.7 Å². The van der Waals surface area contributed by atoms with E-state index in [1.54, 1.807) is 6.92 Å². The fraction of sp³-hybridized carbons (Fsp3) is 0.105. The monoisotopic (exact) mass is 414 g/mol. The Kier molecular flexibility index (Phi) is 5.76. The van der Waals surface area contributed by atoms with Gasteiger partial charge in [-0.2, -0.15) is 0 Å². The topological polar surface area (TPSA) is 144 Å². The zero-order valence-corrected chi connectivity index (χ0v) is 16.2. The standard InChI is InChI=1S/C19H18N4O5S/c1-12-17(23-18(21-12)13-5-3-2-4-6-13)19(25)28-11-16(24)22-14-7-9-15(10-8-14)29(20,26)27/h2-10H,11H2,1H3,(H,21,23)(H,22,24)(H2,20,26,27). The summed E-state index contributed by atoms with van der Waals surface area (Å²) in [7, 11) is -3.81. The van der Waals surface area contributed by atoms with Gasteiger partial charge in [-0.1, -0.05) is 30.3 Å². The van der Waals surface area contributed by atoms with E-state index in [9.17, 15) is 18.0 Å². The molecule has 0 aliphatic carbocycles. The number of carbonyl (C=O) groups is 2. The van der Waals surface area contributed by atoms with Gasteiger partial charge in [-0.15, -0.1) is 0 Å². The fourth-order valence-corrected chi connectivity index (χ4v) is 3.03. The number of nitrogens with zero attached hydrogens (tertiary/aromatic N) is 1. The van der Waals surface area contributed by atoms with E-state index in [4.69, 9.17) is 9.88 Å². The average Bonchev–Trinajstić information content (AvgIpc) is 3.08. The second-order valence-electron chi connectivity index (χ2n) is 6.12. The van der Waals surface area contributed by atoms with E-state index >= 15 is 0 Å². The van der Waals surface area contributed by atoms with E-state index in [1.165, 1.54) is 24.3 Å².